The number of amides is 2. The van der Waals surface area contributed by atoms with Gasteiger partial charge < -0.3 is 19.7 Å². The number of alkyl carbamates (subject to hydrolysis) is 1. The zero-order valence-corrected chi connectivity index (χ0v) is 30.6. The number of aldehydes is 1. The molecule has 12 nitrogen and oxygen atoms in total. The molecule has 2 N–H and O–H groups in total. The van der Waals surface area contributed by atoms with E-state index < -0.39 is 29.2 Å². The summed E-state index contributed by atoms with van der Waals surface area (Å²) in [5.74, 6) is -0.782. The van der Waals surface area contributed by atoms with E-state index >= 15 is 0 Å². The van der Waals surface area contributed by atoms with Crippen LogP contribution in [0.5, 0.6) is 0 Å². The van der Waals surface area contributed by atoms with Crippen LogP contribution in [0.15, 0.2) is 53.5 Å². The van der Waals surface area contributed by atoms with Crippen LogP contribution in [-0.2, 0) is 14.1 Å². The molecular formula is C37H45BF2N6O6. The average Bonchev–Trinajstić information content (AvgIpc) is 3.07. The van der Waals surface area contributed by atoms with Crippen LogP contribution < -0.4 is 10.6 Å². The van der Waals surface area contributed by atoms with Gasteiger partial charge in [0.1, 0.15) is 17.0 Å². The molecule has 2 amide bonds. The Balaban J connectivity index is 0.000000311. The monoisotopic (exact) mass is 718 g/mol. The minimum atomic E-state index is -0.817. The number of hydrogen-bond acceptors (Lipinski definition) is 9. The number of halogens is 2. The molecule has 15 heteroatoms. The summed E-state index contributed by atoms with van der Waals surface area (Å²) in [5, 5.41) is 13.6. The van der Waals surface area contributed by atoms with Gasteiger partial charge in [-0.2, -0.15) is 0 Å². The molecular weight excluding hydrogens is 673 g/mol. The second-order valence-electron chi connectivity index (χ2n) is 13.7. The number of rotatable bonds is 6. The van der Waals surface area contributed by atoms with E-state index in [0.717, 1.165) is 35.2 Å². The first-order valence-corrected chi connectivity index (χ1v) is 16.6. The van der Waals surface area contributed by atoms with Gasteiger partial charge in [0.25, 0.3) is 0 Å². The van der Waals surface area contributed by atoms with Crippen molar-refractivity contribution in [2.45, 2.75) is 65.6 Å². The van der Waals surface area contributed by atoms with Gasteiger partial charge in [0.2, 0.25) is 5.96 Å². The summed E-state index contributed by atoms with van der Waals surface area (Å²) in [6, 6.07) is 9.67. The molecule has 2 aliphatic heterocycles. The van der Waals surface area contributed by atoms with Crippen LogP contribution in [0, 0.1) is 23.2 Å². The summed E-state index contributed by atoms with van der Waals surface area (Å²) in [6.45, 7) is 12.7. The van der Waals surface area contributed by atoms with E-state index in [1.165, 1.54) is 25.3 Å². The number of benzene rings is 2. The van der Waals surface area contributed by atoms with E-state index in [-0.39, 0.29) is 17.3 Å². The number of aliphatic imine (C=N–C) groups is 1. The van der Waals surface area contributed by atoms with E-state index in [2.05, 4.69) is 20.3 Å². The maximum atomic E-state index is 14.1. The van der Waals surface area contributed by atoms with Crippen LogP contribution in [0.25, 0.3) is 11.1 Å². The quantitative estimate of drug-likeness (QED) is 0.114. The van der Waals surface area contributed by atoms with E-state index in [1.807, 2.05) is 23.1 Å². The van der Waals surface area contributed by atoms with Gasteiger partial charge in [-0.1, -0.05) is 12.1 Å². The fraction of sp³-hybridized carbons (Fsp3) is 0.405. The predicted octanol–water partition coefficient (Wildman–Crippen LogP) is 6.38. The molecule has 0 saturated heterocycles. The van der Waals surface area contributed by atoms with E-state index in [0.29, 0.717) is 38.0 Å². The molecule has 2 aromatic rings. The second kappa shape index (κ2) is 18.6. The Morgan fingerprint density at radius 2 is 1.54 bits per heavy atom. The van der Waals surface area contributed by atoms with Gasteiger partial charge in [-0.25, -0.2) is 14.0 Å². The molecule has 0 radical (unpaired) electrons. The average molecular weight is 719 g/mol. The summed E-state index contributed by atoms with van der Waals surface area (Å²) in [4.78, 5) is 42.8. The molecule has 0 fully saturated rings. The molecule has 2 heterocycles. The van der Waals surface area contributed by atoms with Gasteiger partial charge in [0.15, 0.2) is 0 Å². The van der Waals surface area contributed by atoms with E-state index in [9.17, 15) is 23.2 Å². The van der Waals surface area contributed by atoms with E-state index in [1.54, 1.807) is 78.0 Å². The first-order chi connectivity index (χ1) is 24.5. The number of guanidine groups is 1. The first kappa shape index (κ1) is 40.9. The van der Waals surface area contributed by atoms with Crippen molar-refractivity contribution in [3.8, 4) is 6.26 Å². The van der Waals surface area contributed by atoms with Gasteiger partial charge in [0.05, 0.1) is 5.69 Å². The molecule has 0 aromatic heterocycles. The molecule has 0 saturated carbocycles. The Morgan fingerprint density at radius 3 is 2.04 bits per heavy atom. The number of carbonyl (C=O) groups excluding carboxylic acids is 3. The number of hydrogen-bond donors (Lipinski definition) is 2. The molecule has 2 aliphatic rings. The van der Waals surface area contributed by atoms with Crippen LogP contribution in [0.3, 0.4) is 0 Å². The standard InChI is InChI=1S/C23H33FN4O4.C14H12BFN2O2/c1-22(2,3)31-20(29)26-19(27-21(30)32-23(4,5)6)28-12-10-15(11-13-28)16-8-9-18(25-7)17(24)14-16;16-14-7-12(1-2-13(14)8-19)11-3-5-18(6-4-11)9-15-20-10-17/h8-10,14,25H,11-13H2,1-7H3,(H,26,27,29,30);1-3,7-9H,4-6H2. The molecule has 0 spiro atoms. The van der Waals surface area contributed by atoms with Gasteiger partial charge in [0, 0.05) is 20.1 Å². The summed E-state index contributed by atoms with van der Waals surface area (Å²) in [7, 11) is 3.00. The van der Waals surface area contributed by atoms with Crippen LogP contribution >= 0.6 is 0 Å². The molecule has 52 heavy (non-hydrogen) atoms. The van der Waals surface area contributed by atoms with Crippen LogP contribution in [0.4, 0.5) is 24.1 Å². The first-order valence-electron chi connectivity index (χ1n) is 16.6. The molecule has 0 bridgehead atoms. The Kier molecular flexibility index (Phi) is 14.7. The molecule has 0 unspecified atom stereocenters. The topological polar surface area (TPSA) is 146 Å². The zero-order chi connectivity index (χ0) is 38.5. The summed E-state index contributed by atoms with van der Waals surface area (Å²) < 4.78 is 42.7. The molecule has 0 aliphatic carbocycles. The maximum absolute atomic E-state index is 14.1. The molecule has 0 atom stereocenters. The third kappa shape index (κ3) is 13.3. The van der Waals surface area contributed by atoms with Gasteiger partial charge in [-0.3, -0.25) is 5.32 Å². The van der Waals surface area contributed by atoms with Crippen molar-refractivity contribution in [3.05, 3.63) is 76.9 Å². The van der Waals surface area contributed by atoms with Crippen molar-refractivity contribution < 1.29 is 37.3 Å². The molecule has 2 aromatic carbocycles. The van der Waals surface area contributed by atoms with Crippen molar-refractivity contribution in [1.82, 2.24) is 15.1 Å². The third-order valence-corrected chi connectivity index (χ3v) is 7.45. The molecule has 4 rings (SSSR count). The number of nitrogens with zero attached hydrogens (tertiary/aromatic N) is 4. The number of carbonyl (C=O) groups is 3. The van der Waals surface area contributed by atoms with Crippen molar-refractivity contribution >= 4 is 54.5 Å². The normalized spacial score (nSPS) is 14.8. The number of ether oxygens (including phenoxy) is 2. The summed E-state index contributed by atoms with van der Waals surface area (Å²) in [6.07, 6.45) is 7.47. The van der Waals surface area contributed by atoms with Gasteiger partial charge in [-0.05, 0) is 71.2 Å². The van der Waals surface area contributed by atoms with Gasteiger partial charge in [-0.15, -0.1) is 4.99 Å². The number of anilines is 1. The van der Waals surface area contributed by atoms with Crippen molar-refractivity contribution in [1.29, 1.82) is 5.26 Å². The van der Waals surface area contributed by atoms with Gasteiger partial charge >= 0.3 is 128 Å². The Labute approximate surface area is 304 Å². The second-order valence-corrected chi connectivity index (χ2v) is 13.7. The Morgan fingerprint density at radius 1 is 0.923 bits per heavy atom. The summed E-state index contributed by atoms with van der Waals surface area (Å²) >= 11 is 0. The molecule has 276 valence electrons. The van der Waals surface area contributed by atoms with Crippen molar-refractivity contribution in [2.75, 3.05) is 38.5 Å². The summed E-state index contributed by atoms with van der Waals surface area (Å²) in [5.41, 5.74) is 2.67. The van der Waals surface area contributed by atoms with Crippen LogP contribution in [0.2, 0.25) is 0 Å². The SMILES string of the molecule is CNc1ccc(C2=CCN(/C(=N\C(=O)OC(C)(C)C)NC(=O)OC(C)(C)C)CC2)cc1F.N#COB=CN1CC=C(c2ccc(C=O)c(F)c2)CC1. The minimum absolute atomic E-state index is 0.0421. The predicted molar refractivity (Wildman–Crippen MR) is 198 cm³/mol. The Bertz CT molecular complexity index is 1770. The Hall–Kier alpha value is -5.52. The fourth-order valence-corrected chi connectivity index (χ4v) is 5.04. The van der Waals surface area contributed by atoms with Crippen molar-refractivity contribution in [2.24, 2.45) is 4.99 Å². The van der Waals surface area contributed by atoms with Crippen molar-refractivity contribution in [3.63, 3.8) is 0 Å². The van der Waals surface area contributed by atoms with E-state index in [4.69, 9.17) is 14.7 Å². The van der Waals surface area contributed by atoms with Crippen LogP contribution in [0.1, 0.15) is 75.9 Å². The van der Waals surface area contributed by atoms with Crippen LogP contribution in [-0.4, -0.2) is 91.9 Å². The number of nitrogens with one attached hydrogen (secondary N) is 2. The number of nitriles is 1. The third-order valence-electron chi connectivity index (χ3n) is 7.45. The fourth-order valence-electron chi connectivity index (χ4n) is 5.04. The zero-order valence-electron chi connectivity index (χ0n) is 30.6.